The number of nitrogens with one attached hydrogen (secondary N) is 1. The molecule has 0 spiro atoms. The number of halogens is 1. The van der Waals surface area contributed by atoms with Gasteiger partial charge in [-0.3, -0.25) is 9.36 Å². The summed E-state index contributed by atoms with van der Waals surface area (Å²) in [6.07, 6.45) is 8.45. The molecule has 0 saturated heterocycles. The number of aromatic nitrogens is 5. The van der Waals surface area contributed by atoms with E-state index in [0.717, 1.165) is 17.1 Å². The van der Waals surface area contributed by atoms with Gasteiger partial charge in [-0.1, -0.05) is 19.9 Å². The average molecular weight is 404 g/mol. The molecule has 3 heterocycles. The van der Waals surface area contributed by atoms with Crippen molar-refractivity contribution in [2.45, 2.75) is 26.3 Å². The third kappa shape index (κ3) is 3.98. The SMILES string of the molecule is CC(C)c1c(C(=O)NCc2ccc(-n3ccnc3)nc2)cnn1-c1ccc(F)cc1. The molecule has 0 aliphatic carbocycles. The Hall–Kier alpha value is -3.81. The van der Waals surface area contributed by atoms with Crippen LogP contribution < -0.4 is 5.32 Å². The predicted octanol–water partition coefficient (Wildman–Crippen LogP) is 3.65. The Balaban J connectivity index is 1.50. The van der Waals surface area contributed by atoms with Gasteiger partial charge in [0.25, 0.3) is 5.91 Å². The smallest absolute Gasteiger partial charge is 0.255 e. The van der Waals surface area contributed by atoms with Crippen LogP contribution in [-0.4, -0.2) is 30.2 Å². The molecule has 7 nitrogen and oxygen atoms in total. The molecule has 3 aromatic heterocycles. The lowest BCUT2D eigenvalue weighted by Crippen LogP contribution is -2.24. The van der Waals surface area contributed by atoms with Gasteiger partial charge in [0.2, 0.25) is 0 Å². The molecule has 0 atom stereocenters. The Morgan fingerprint density at radius 2 is 1.93 bits per heavy atom. The highest BCUT2D eigenvalue weighted by Crippen LogP contribution is 2.23. The second kappa shape index (κ2) is 8.28. The molecule has 0 fully saturated rings. The van der Waals surface area contributed by atoms with Crippen LogP contribution in [0.25, 0.3) is 11.5 Å². The van der Waals surface area contributed by atoms with Crippen LogP contribution in [0.2, 0.25) is 0 Å². The molecule has 0 saturated carbocycles. The lowest BCUT2D eigenvalue weighted by atomic mass is 10.0. The van der Waals surface area contributed by atoms with E-state index in [1.165, 1.54) is 12.1 Å². The van der Waals surface area contributed by atoms with Crippen LogP contribution in [0.15, 0.2) is 67.5 Å². The maximum Gasteiger partial charge on any atom is 0.255 e. The van der Waals surface area contributed by atoms with Crippen molar-refractivity contribution in [2.75, 3.05) is 0 Å². The van der Waals surface area contributed by atoms with E-state index in [-0.39, 0.29) is 17.6 Å². The first-order valence-electron chi connectivity index (χ1n) is 9.58. The third-order valence-corrected chi connectivity index (χ3v) is 4.70. The molecular weight excluding hydrogens is 383 g/mol. The summed E-state index contributed by atoms with van der Waals surface area (Å²) >= 11 is 0. The highest BCUT2D eigenvalue weighted by atomic mass is 19.1. The Kier molecular flexibility index (Phi) is 5.38. The topological polar surface area (TPSA) is 77.6 Å². The molecular formula is C22H21FN6O. The van der Waals surface area contributed by atoms with Gasteiger partial charge in [-0.15, -0.1) is 0 Å². The number of hydrogen-bond donors (Lipinski definition) is 1. The average Bonchev–Trinajstić information content (AvgIpc) is 3.43. The van der Waals surface area contributed by atoms with Gasteiger partial charge < -0.3 is 5.32 Å². The molecule has 0 aliphatic heterocycles. The lowest BCUT2D eigenvalue weighted by Gasteiger charge is -2.13. The number of hydrogen-bond acceptors (Lipinski definition) is 4. The molecule has 8 heteroatoms. The van der Waals surface area contributed by atoms with E-state index in [4.69, 9.17) is 0 Å². The summed E-state index contributed by atoms with van der Waals surface area (Å²) in [5.41, 5.74) is 2.85. The maximum atomic E-state index is 13.3. The molecule has 4 aromatic rings. The number of nitrogens with zero attached hydrogens (tertiary/aromatic N) is 5. The van der Waals surface area contributed by atoms with Crippen LogP contribution in [0.5, 0.6) is 0 Å². The molecule has 0 bridgehead atoms. The summed E-state index contributed by atoms with van der Waals surface area (Å²) in [4.78, 5) is 21.2. The first-order chi connectivity index (χ1) is 14.5. The normalized spacial score (nSPS) is 11.1. The number of rotatable bonds is 6. The number of carbonyl (C=O) groups is 1. The first-order valence-corrected chi connectivity index (χ1v) is 9.58. The number of amides is 1. The first kappa shape index (κ1) is 19.5. The van der Waals surface area contributed by atoms with Crippen LogP contribution in [0.4, 0.5) is 4.39 Å². The molecule has 152 valence electrons. The molecule has 30 heavy (non-hydrogen) atoms. The Morgan fingerprint density at radius 3 is 2.57 bits per heavy atom. The zero-order chi connectivity index (χ0) is 21.1. The van der Waals surface area contributed by atoms with Crippen molar-refractivity contribution in [1.82, 2.24) is 29.6 Å². The Bertz CT molecular complexity index is 1130. The molecule has 4 rings (SSSR count). The fourth-order valence-electron chi connectivity index (χ4n) is 3.22. The number of benzene rings is 1. The van der Waals surface area contributed by atoms with Crippen molar-refractivity contribution in [3.05, 3.63) is 90.2 Å². The fourth-order valence-corrected chi connectivity index (χ4v) is 3.22. The molecule has 0 aliphatic rings. The zero-order valence-electron chi connectivity index (χ0n) is 16.7. The minimum Gasteiger partial charge on any atom is -0.348 e. The van der Waals surface area contributed by atoms with E-state index in [1.807, 2.05) is 32.2 Å². The van der Waals surface area contributed by atoms with Crippen molar-refractivity contribution in [3.8, 4) is 11.5 Å². The molecule has 0 radical (unpaired) electrons. The van der Waals surface area contributed by atoms with E-state index in [0.29, 0.717) is 17.8 Å². The molecule has 1 aromatic carbocycles. The van der Waals surface area contributed by atoms with Gasteiger partial charge >= 0.3 is 0 Å². The summed E-state index contributed by atoms with van der Waals surface area (Å²) in [5.74, 6) is 0.271. The number of carbonyl (C=O) groups excluding carboxylic acids is 1. The second-order valence-corrected chi connectivity index (χ2v) is 7.16. The van der Waals surface area contributed by atoms with Crippen LogP contribution in [0, 0.1) is 5.82 Å². The maximum absolute atomic E-state index is 13.3. The molecule has 1 amide bonds. The van der Waals surface area contributed by atoms with Crippen molar-refractivity contribution in [2.24, 2.45) is 0 Å². The van der Waals surface area contributed by atoms with Gasteiger partial charge in [0.1, 0.15) is 18.0 Å². The van der Waals surface area contributed by atoms with Crippen molar-refractivity contribution in [3.63, 3.8) is 0 Å². The van der Waals surface area contributed by atoms with Gasteiger partial charge in [0, 0.05) is 25.1 Å². The van der Waals surface area contributed by atoms with Gasteiger partial charge in [-0.05, 0) is 41.8 Å². The van der Waals surface area contributed by atoms with Gasteiger partial charge in [0.05, 0.1) is 23.1 Å². The second-order valence-electron chi connectivity index (χ2n) is 7.16. The Labute approximate surface area is 173 Å². The summed E-state index contributed by atoms with van der Waals surface area (Å²) in [5, 5.41) is 7.29. The van der Waals surface area contributed by atoms with Gasteiger partial charge in [0.15, 0.2) is 0 Å². The third-order valence-electron chi connectivity index (χ3n) is 4.70. The van der Waals surface area contributed by atoms with Crippen LogP contribution >= 0.6 is 0 Å². The Morgan fingerprint density at radius 1 is 1.13 bits per heavy atom. The minimum absolute atomic E-state index is 0.0504. The van der Waals surface area contributed by atoms with Gasteiger partial charge in [-0.25, -0.2) is 19.0 Å². The van der Waals surface area contributed by atoms with Crippen LogP contribution in [0.3, 0.4) is 0 Å². The van der Waals surface area contributed by atoms with E-state index < -0.39 is 0 Å². The number of pyridine rings is 1. The van der Waals surface area contributed by atoms with Crippen LogP contribution in [-0.2, 0) is 6.54 Å². The summed E-state index contributed by atoms with van der Waals surface area (Å²) in [6, 6.07) is 9.82. The van der Waals surface area contributed by atoms with Crippen molar-refractivity contribution < 1.29 is 9.18 Å². The monoisotopic (exact) mass is 404 g/mol. The molecule has 1 N–H and O–H groups in total. The summed E-state index contributed by atoms with van der Waals surface area (Å²) in [7, 11) is 0. The van der Waals surface area contributed by atoms with E-state index in [1.54, 1.807) is 46.3 Å². The van der Waals surface area contributed by atoms with Crippen molar-refractivity contribution >= 4 is 5.91 Å². The van der Waals surface area contributed by atoms with E-state index in [9.17, 15) is 9.18 Å². The number of imidazole rings is 1. The fraction of sp³-hybridized carbons (Fsp3) is 0.182. The highest BCUT2D eigenvalue weighted by Gasteiger charge is 2.20. The van der Waals surface area contributed by atoms with E-state index in [2.05, 4.69) is 20.4 Å². The molecule has 0 unspecified atom stereocenters. The summed E-state index contributed by atoms with van der Waals surface area (Å²) in [6.45, 7) is 4.33. The van der Waals surface area contributed by atoms with Crippen LogP contribution in [0.1, 0.15) is 41.4 Å². The predicted molar refractivity (Wildman–Crippen MR) is 110 cm³/mol. The van der Waals surface area contributed by atoms with E-state index >= 15 is 0 Å². The lowest BCUT2D eigenvalue weighted by molar-refractivity contribution is 0.0949. The summed E-state index contributed by atoms with van der Waals surface area (Å²) < 4.78 is 16.7. The quantitative estimate of drug-likeness (QED) is 0.532. The van der Waals surface area contributed by atoms with Gasteiger partial charge in [-0.2, -0.15) is 5.10 Å². The highest BCUT2D eigenvalue weighted by molar-refractivity contribution is 5.95. The zero-order valence-corrected chi connectivity index (χ0v) is 16.7. The largest absolute Gasteiger partial charge is 0.348 e. The minimum atomic E-state index is -0.317. The van der Waals surface area contributed by atoms with Crippen molar-refractivity contribution in [1.29, 1.82) is 0 Å². The standard InChI is InChI=1S/C22H21FN6O/c1-15(2)21-19(13-27-29(21)18-6-4-17(23)5-7-18)22(30)26-12-16-3-8-20(25-11-16)28-10-9-24-14-28/h3-11,13-15H,12H2,1-2H3,(H,26,30).